The lowest BCUT2D eigenvalue weighted by Gasteiger charge is -2.31. The second kappa shape index (κ2) is 11.2. The zero-order valence-electron chi connectivity index (χ0n) is 19.9. The van der Waals surface area contributed by atoms with Crippen molar-refractivity contribution in [2.45, 2.75) is 19.5 Å². The maximum absolute atomic E-state index is 13.7. The van der Waals surface area contributed by atoms with Crippen LogP contribution in [0, 0.1) is 12.7 Å². The predicted molar refractivity (Wildman–Crippen MR) is 134 cm³/mol. The number of halogens is 1. The average molecular weight is 485 g/mol. The molecule has 0 radical (unpaired) electrons. The first-order valence-electron chi connectivity index (χ1n) is 11.3. The molecule has 0 fully saturated rings. The van der Waals surface area contributed by atoms with E-state index in [4.69, 9.17) is 4.74 Å². The van der Waals surface area contributed by atoms with E-state index in [2.05, 4.69) is 15.3 Å². The van der Waals surface area contributed by atoms with E-state index in [-0.39, 0.29) is 12.2 Å². The molecule has 8 heteroatoms. The number of nitrogens with one attached hydrogen (secondary N) is 1. The van der Waals surface area contributed by atoms with Gasteiger partial charge in [-0.25, -0.2) is 9.37 Å². The van der Waals surface area contributed by atoms with Gasteiger partial charge in [0.2, 0.25) is 0 Å². The van der Waals surface area contributed by atoms with Crippen molar-refractivity contribution >= 4 is 17.5 Å². The first kappa shape index (κ1) is 24.5. The number of nitrogens with zero attached hydrogens (tertiary/aromatic N) is 3. The van der Waals surface area contributed by atoms with Crippen LogP contribution in [0.5, 0.6) is 5.75 Å². The minimum atomic E-state index is -1.03. The van der Waals surface area contributed by atoms with Crippen molar-refractivity contribution in [2.24, 2.45) is 0 Å². The molecular weight excluding hydrogens is 459 g/mol. The summed E-state index contributed by atoms with van der Waals surface area (Å²) in [6.07, 6.45) is 4.27. The van der Waals surface area contributed by atoms with Crippen molar-refractivity contribution in [1.29, 1.82) is 0 Å². The topological polar surface area (TPSA) is 84.4 Å². The van der Waals surface area contributed by atoms with Gasteiger partial charge in [0.15, 0.2) is 0 Å². The largest absolute Gasteiger partial charge is 0.497 e. The molecule has 36 heavy (non-hydrogen) atoms. The van der Waals surface area contributed by atoms with Gasteiger partial charge in [0.1, 0.15) is 23.3 Å². The van der Waals surface area contributed by atoms with Crippen molar-refractivity contribution in [2.75, 3.05) is 12.4 Å². The highest BCUT2D eigenvalue weighted by Gasteiger charge is 2.33. The standard InChI is InChI=1S/C28H25FN4O3/c1-19-3-5-20(6-4-19)18-33(28(35)25-17-30-15-16-31-25)26(21-7-13-24(36-2)14-8-21)27(34)32-23-11-9-22(29)10-12-23/h3-17,26H,18H2,1-2H3,(H,32,34). The van der Waals surface area contributed by atoms with Crippen LogP contribution in [0.2, 0.25) is 0 Å². The molecule has 0 saturated heterocycles. The predicted octanol–water partition coefficient (Wildman–Crippen LogP) is 4.96. The smallest absolute Gasteiger partial charge is 0.275 e. The Morgan fingerprint density at radius 1 is 0.972 bits per heavy atom. The lowest BCUT2D eigenvalue weighted by molar-refractivity contribution is -0.121. The van der Waals surface area contributed by atoms with Crippen molar-refractivity contribution < 1.29 is 18.7 Å². The van der Waals surface area contributed by atoms with Crippen molar-refractivity contribution in [3.05, 3.63) is 120 Å². The van der Waals surface area contributed by atoms with E-state index < -0.39 is 23.7 Å². The van der Waals surface area contributed by atoms with Crippen molar-refractivity contribution in [3.8, 4) is 5.75 Å². The van der Waals surface area contributed by atoms with Crippen LogP contribution in [-0.2, 0) is 11.3 Å². The molecule has 0 bridgehead atoms. The van der Waals surface area contributed by atoms with E-state index in [1.54, 1.807) is 31.4 Å². The van der Waals surface area contributed by atoms with Crippen LogP contribution in [-0.4, -0.2) is 33.8 Å². The van der Waals surface area contributed by atoms with Gasteiger partial charge in [0, 0.05) is 24.6 Å². The first-order chi connectivity index (χ1) is 17.4. The number of carbonyl (C=O) groups excluding carboxylic acids is 2. The van der Waals surface area contributed by atoms with E-state index in [1.807, 2.05) is 31.2 Å². The summed E-state index contributed by atoms with van der Waals surface area (Å²) in [5.74, 6) is -0.727. The Labute approximate surface area is 208 Å². The summed E-state index contributed by atoms with van der Waals surface area (Å²) >= 11 is 0. The summed E-state index contributed by atoms with van der Waals surface area (Å²) in [7, 11) is 1.55. The molecule has 0 spiro atoms. The highest BCUT2D eigenvalue weighted by molar-refractivity contribution is 6.00. The molecule has 182 valence electrons. The number of amides is 2. The second-order valence-electron chi connectivity index (χ2n) is 8.18. The Kier molecular flexibility index (Phi) is 7.65. The lowest BCUT2D eigenvalue weighted by Crippen LogP contribution is -2.41. The lowest BCUT2D eigenvalue weighted by atomic mass is 10.0. The van der Waals surface area contributed by atoms with Crippen LogP contribution in [0.15, 0.2) is 91.4 Å². The van der Waals surface area contributed by atoms with Gasteiger partial charge in [-0.2, -0.15) is 0 Å². The van der Waals surface area contributed by atoms with Gasteiger partial charge >= 0.3 is 0 Å². The van der Waals surface area contributed by atoms with Gasteiger partial charge < -0.3 is 15.0 Å². The average Bonchev–Trinajstić information content (AvgIpc) is 2.91. The van der Waals surface area contributed by atoms with Gasteiger partial charge in [0.25, 0.3) is 11.8 Å². The van der Waals surface area contributed by atoms with Crippen LogP contribution < -0.4 is 10.1 Å². The fraction of sp³-hybridized carbons (Fsp3) is 0.143. The summed E-state index contributed by atoms with van der Waals surface area (Å²) in [5, 5.41) is 2.81. The Morgan fingerprint density at radius 3 is 2.28 bits per heavy atom. The Morgan fingerprint density at radius 2 is 1.67 bits per heavy atom. The Hall–Kier alpha value is -4.59. The molecule has 7 nitrogen and oxygen atoms in total. The molecule has 4 aromatic rings. The molecule has 1 atom stereocenters. The molecule has 2 amide bonds. The van der Waals surface area contributed by atoms with Gasteiger partial charge in [0.05, 0.1) is 13.3 Å². The molecule has 1 unspecified atom stereocenters. The van der Waals surface area contributed by atoms with E-state index >= 15 is 0 Å². The molecule has 4 rings (SSSR count). The number of hydrogen-bond donors (Lipinski definition) is 1. The quantitative estimate of drug-likeness (QED) is 0.382. The zero-order valence-corrected chi connectivity index (χ0v) is 19.9. The first-order valence-corrected chi connectivity index (χ1v) is 11.3. The summed E-state index contributed by atoms with van der Waals surface area (Å²) in [6.45, 7) is 2.12. The molecule has 3 aromatic carbocycles. The molecule has 1 heterocycles. The fourth-order valence-corrected chi connectivity index (χ4v) is 3.73. The highest BCUT2D eigenvalue weighted by Crippen LogP contribution is 2.28. The molecule has 1 N–H and O–H groups in total. The van der Waals surface area contributed by atoms with Gasteiger partial charge in [-0.1, -0.05) is 42.0 Å². The fourth-order valence-electron chi connectivity index (χ4n) is 3.73. The van der Waals surface area contributed by atoms with Crippen LogP contribution in [0.25, 0.3) is 0 Å². The van der Waals surface area contributed by atoms with Crippen LogP contribution >= 0.6 is 0 Å². The third-order valence-corrected chi connectivity index (χ3v) is 5.62. The minimum absolute atomic E-state index is 0.109. The second-order valence-corrected chi connectivity index (χ2v) is 8.18. The van der Waals surface area contributed by atoms with E-state index in [9.17, 15) is 14.0 Å². The number of aryl methyl sites for hydroxylation is 1. The molecule has 0 aliphatic carbocycles. The molecule has 0 saturated carbocycles. The number of anilines is 1. The van der Waals surface area contributed by atoms with Gasteiger partial charge in [-0.3, -0.25) is 14.6 Å². The number of rotatable bonds is 8. The van der Waals surface area contributed by atoms with Crippen molar-refractivity contribution in [1.82, 2.24) is 14.9 Å². The molecule has 0 aliphatic heterocycles. The highest BCUT2D eigenvalue weighted by atomic mass is 19.1. The normalized spacial score (nSPS) is 11.4. The summed E-state index contributed by atoms with van der Waals surface area (Å²) in [6, 6.07) is 19.1. The minimum Gasteiger partial charge on any atom is -0.497 e. The number of benzene rings is 3. The van der Waals surface area contributed by atoms with Crippen LogP contribution in [0.4, 0.5) is 10.1 Å². The zero-order chi connectivity index (χ0) is 25.5. The molecule has 1 aromatic heterocycles. The van der Waals surface area contributed by atoms with Crippen LogP contribution in [0.1, 0.15) is 33.2 Å². The van der Waals surface area contributed by atoms with E-state index in [0.717, 1.165) is 11.1 Å². The number of methoxy groups -OCH3 is 1. The Balaban J connectivity index is 1.78. The van der Waals surface area contributed by atoms with E-state index in [1.165, 1.54) is 47.8 Å². The van der Waals surface area contributed by atoms with Gasteiger partial charge in [-0.15, -0.1) is 0 Å². The van der Waals surface area contributed by atoms with E-state index in [0.29, 0.717) is 17.0 Å². The van der Waals surface area contributed by atoms with Crippen LogP contribution in [0.3, 0.4) is 0 Å². The van der Waals surface area contributed by atoms with Gasteiger partial charge in [-0.05, 0) is 54.4 Å². The summed E-state index contributed by atoms with van der Waals surface area (Å²) in [5.41, 5.74) is 3.00. The maximum Gasteiger partial charge on any atom is 0.275 e. The SMILES string of the molecule is COc1ccc(C(C(=O)Nc2ccc(F)cc2)N(Cc2ccc(C)cc2)C(=O)c2cnccn2)cc1. The summed E-state index contributed by atoms with van der Waals surface area (Å²) in [4.78, 5) is 37.1. The number of ether oxygens (including phenoxy) is 1. The molecule has 0 aliphatic rings. The summed E-state index contributed by atoms with van der Waals surface area (Å²) < 4.78 is 18.7. The number of aromatic nitrogens is 2. The number of carbonyl (C=O) groups is 2. The number of hydrogen-bond acceptors (Lipinski definition) is 5. The third kappa shape index (κ3) is 5.90. The third-order valence-electron chi connectivity index (χ3n) is 5.62. The maximum atomic E-state index is 13.7. The Bertz CT molecular complexity index is 1310. The monoisotopic (exact) mass is 484 g/mol. The van der Waals surface area contributed by atoms with Crippen molar-refractivity contribution in [3.63, 3.8) is 0 Å². The molecular formula is C28H25FN4O3.